The summed E-state index contributed by atoms with van der Waals surface area (Å²) < 4.78 is 6.36. The quantitative estimate of drug-likeness (QED) is 0.599. The first kappa shape index (κ1) is 20.5. The number of rotatable bonds is 4. The Morgan fingerprint density at radius 3 is 2.44 bits per heavy atom. The van der Waals surface area contributed by atoms with Crippen molar-refractivity contribution in [1.29, 1.82) is 0 Å². The number of carbonyl (C=O) groups excluding carboxylic acids is 1. The normalized spacial score (nSPS) is 15.9. The largest absolute Gasteiger partial charge is 0.438 e. The third kappa shape index (κ3) is 4.17. The van der Waals surface area contributed by atoms with Gasteiger partial charge in [0, 0.05) is 31.6 Å². The number of aromatic nitrogens is 2. The molecule has 3 heterocycles. The van der Waals surface area contributed by atoms with Gasteiger partial charge in [0.25, 0.3) is 5.91 Å². The van der Waals surface area contributed by atoms with Crippen LogP contribution in [0.2, 0.25) is 0 Å². The minimum absolute atomic E-state index is 0.0261. The van der Waals surface area contributed by atoms with E-state index in [1.807, 2.05) is 66.4 Å². The SMILES string of the molecule is Cc1ccccc1Oc1nc(N2CCCCC2)nc2c1CN(C(=O)c1ccccc1)CC2. The average Bonchev–Trinajstić information content (AvgIpc) is 2.85. The number of carbonyl (C=O) groups is 1. The predicted octanol–water partition coefficient (Wildman–Crippen LogP) is 4.77. The third-order valence-electron chi connectivity index (χ3n) is 6.26. The summed E-state index contributed by atoms with van der Waals surface area (Å²) in [7, 11) is 0. The van der Waals surface area contributed by atoms with Gasteiger partial charge in [-0.15, -0.1) is 0 Å². The maximum atomic E-state index is 13.1. The minimum atomic E-state index is 0.0261. The van der Waals surface area contributed by atoms with Gasteiger partial charge in [-0.25, -0.2) is 4.98 Å². The third-order valence-corrected chi connectivity index (χ3v) is 6.26. The minimum Gasteiger partial charge on any atom is -0.438 e. The number of para-hydroxylation sites is 1. The number of aryl methyl sites for hydroxylation is 1. The number of anilines is 1. The Balaban J connectivity index is 1.50. The van der Waals surface area contributed by atoms with Crippen LogP contribution in [-0.4, -0.2) is 40.4 Å². The van der Waals surface area contributed by atoms with Gasteiger partial charge < -0.3 is 14.5 Å². The molecule has 5 rings (SSSR count). The lowest BCUT2D eigenvalue weighted by molar-refractivity contribution is 0.0732. The summed E-state index contributed by atoms with van der Waals surface area (Å²) in [6.07, 6.45) is 4.27. The van der Waals surface area contributed by atoms with Crippen LogP contribution in [0.5, 0.6) is 11.6 Å². The molecule has 164 valence electrons. The molecule has 1 saturated heterocycles. The zero-order valence-corrected chi connectivity index (χ0v) is 18.5. The Labute approximate surface area is 188 Å². The topological polar surface area (TPSA) is 58.6 Å². The summed E-state index contributed by atoms with van der Waals surface area (Å²) in [6.45, 7) is 5.06. The maximum Gasteiger partial charge on any atom is 0.254 e. The predicted molar refractivity (Wildman–Crippen MR) is 124 cm³/mol. The van der Waals surface area contributed by atoms with Crippen LogP contribution >= 0.6 is 0 Å². The highest BCUT2D eigenvalue weighted by molar-refractivity contribution is 5.94. The van der Waals surface area contributed by atoms with E-state index in [9.17, 15) is 4.79 Å². The van der Waals surface area contributed by atoms with E-state index in [1.165, 1.54) is 6.42 Å². The molecule has 2 aliphatic heterocycles. The number of benzene rings is 2. The van der Waals surface area contributed by atoms with Crippen molar-refractivity contribution >= 4 is 11.9 Å². The number of piperidine rings is 1. The molecule has 1 fully saturated rings. The summed E-state index contributed by atoms with van der Waals surface area (Å²) in [5.41, 5.74) is 3.64. The second kappa shape index (κ2) is 8.99. The van der Waals surface area contributed by atoms with E-state index in [1.54, 1.807) is 0 Å². The van der Waals surface area contributed by atoms with Crippen LogP contribution in [0.25, 0.3) is 0 Å². The Bertz CT molecular complexity index is 1110. The molecule has 0 saturated carbocycles. The fraction of sp³-hybridized carbons (Fsp3) is 0.346. The molecule has 0 radical (unpaired) electrons. The number of hydrogen-bond acceptors (Lipinski definition) is 5. The summed E-state index contributed by atoms with van der Waals surface area (Å²) >= 11 is 0. The lowest BCUT2D eigenvalue weighted by Crippen LogP contribution is -2.37. The second-order valence-electron chi connectivity index (χ2n) is 8.51. The molecule has 0 atom stereocenters. The van der Waals surface area contributed by atoms with Gasteiger partial charge in [-0.2, -0.15) is 4.98 Å². The molecular weight excluding hydrogens is 400 g/mol. The molecule has 0 N–H and O–H groups in total. The van der Waals surface area contributed by atoms with Crippen LogP contribution in [0, 0.1) is 6.92 Å². The number of hydrogen-bond donors (Lipinski definition) is 0. The van der Waals surface area contributed by atoms with Crippen LogP contribution in [0.15, 0.2) is 54.6 Å². The van der Waals surface area contributed by atoms with Crippen LogP contribution in [0.1, 0.15) is 46.4 Å². The molecule has 2 aromatic carbocycles. The van der Waals surface area contributed by atoms with E-state index in [0.717, 1.165) is 54.4 Å². The number of amides is 1. The first-order valence-corrected chi connectivity index (χ1v) is 11.4. The van der Waals surface area contributed by atoms with Gasteiger partial charge in [0.05, 0.1) is 17.8 Å². The summed E-state index contributed by atoms with van der Waals surface area (Å²) in [5.74, 6) is 2.12. The second-order valence-corrected chi connectivity index (χ2v) is 8.51. The molecule has 32 heavy (non-hydrogen) atoms. The van der Waals surface area contributed by atoms with Gasteiger partial charge in [-0.1, -0.05) is 36.4 Å². The molecule has 0 spiro atoms. The maximum absolute atomic E-state index is 13.1. The van der Waals surface area contributed by atoms with E-state index < -0.39 is 0 Å². The fourth-order valence-electron chi connectivity index (χ4n) is 4.40. The molecule has 1 amide bonds. The van der Waals surface area contributed by atoms with Crippen molar-refractivity contribution in [2.45, 2.75) is 39.2 Å². The van der Waals surface area contributed by atoms with E-state index >= 15 is 0 Å². The van der Waals surface area contributed by atoms with Crippen LogP contribution in [0.4, 0.5) is 5.95 Å². The molecule has 0 unspecified atom stereocenters. The number of nitrogens with zero attached hydrogens (tertiary/aromatic N) is 4. The highest BCUT2D eigenvalue weighted by atomic mass is 16.5. The number of ether oxygens (including phenoxy) is 1. The van der Waals surface area contributed by atoms with Crippen LogP contribution in [0.3, 0.4) is 0 Å². The Hall–Kier alpha value is -3.41. The van der Waals surface area contributed by atoms with Crippen molar-refractivity contribution in [2.24, 2.45) is 0 Å². The molecule has 3 aromatic rings. The Morgan fingerprint density at radius 2 is 1.66 bits per heavy atom. The van der Waals surface area contributed by atoms with Gasteiger partial charge in [-0.05, 0) is 49.9 Å². The average molecular weight is 429 g/mol. The summed E-state index contributed by atoms with van der Waals surface area (Å²) in [5, 5.41) is 0. The van der Waals surface area contributed by atoms with Crippen molar-refractivity contribution < 1.29 is 9.53 Å². The van der Waals surface area contributed by atoms with E-state index in [-0.39, 0.29) is 5.91 Å². The zero-order chi connectivity index (χ0) is 21.9. The first-order valence-electron chi connectivity index (χ1n) is 11.4. The van der Waals surface area contributed by atoms with Crippen molar-refractivity contribution in [3.63, 3.8) is 0 Å². The zero-order valence-electron chi connectivity index (χ0n) is 18.5. The fourth-order valence-corrected chi connectivity index (χ4v) is 4.40. The number of fused-ring (bicyclic) bond motifs is 1. The van der Waals surface area contributed by atoms with E-state index in [4.69, 9.17) is 14.7 Å². The monoisotopic (exact) mass is 428 g/mol. The Kier molecular flexibility index (Phi) is 5.75. The first-order chi connectivity index (χ1) is 15.7. The molecule has 6 nitrogen and oxygen atoms in total. The van der Waals surface area contributed by atoms with E-state index in [0.29, 0.717) is 31.0 Å². The Morgan fingerprint density at radius 1 is 0.906 bits per heavy atom. The molecule has 0 aliphatic carbocycles. The van der Waals surface area contributed by atoms with Crippen LogP contribution in [-0.2, 0) is 13.0 Å². The molecule has 6 heteroatoms. The van der Waals surface area contributed by atoms with Gasteiger partial charge in [0.15, 0.2) is 0 Å². The lowest BCUT2D eigenvalue weighted by atomic mass is 10.0. The molecule has 2 aliphatic rings. The van der Waals surface area contributed by atoms with Gasteiger partial charge in [0.1, 0.15) is 5.75 Å². The molecular formula is C26H28N4O2. The van der Waals surface area contributed by atoms with Gasteiger partial charge in [-0.3, -0.25) is 4.79 Å². The lowest BCUT2D eigenvalue weighted by Gasteiger charge is -2.32. The summed E-state index contributed by atoms with van der Waals surface area (Å²) in [4.78, 5) is 27.0. The smallest absolute Gasteiger partial charge is 0.254 e. The van der Waals surface area contributed by atoms with Crippen LogP contribution < -0.4 is 9.64 Å². The van der Waals surface area contributed by atoms with Crippen molar-refractivity contribution in [3.8, 4) is 11.6 Å². The molecule has 0 bridgehead atoms. The highest BCUT2D eigenvalue weighted by Gasteiger charge is 2.28. The van der Waals surface area contributed by atoms with Gasteiger partial charge >= 0.3 is 0 Å². The highest BCUT2D eigenvalue weighted by Crippen LogP contribution is 2.33. The van der Waals surface area contributed by atoms with Crippen molar-refractivity contribution in [3.05, 3.63) is 77.0 Å². The standard InChI is InChI=1S/C26H28N4O2/c1-19-10-6-7-13-23(19)32-24-21-18-30(25(31)20-11-4-2-5-12-20)17-14-22(21)27-26(28-24)29-15-8-3-9-16-29/h2,4-7,10-13H,3,8-9,14-18H2,1H3. The van der Waals surface area contributed by atoms with Gasteiger partial charge in [0.2, 0.25) is 11.8 Å². The van der Waals surface area contributed by atoms with E-state index in [2.05, 4.69) is 4.90 Å². The summed E-state index contributed by atoms with van der Waals surface area (Å²) in [6, 6.07) is 17.4. The molecule has 1 aromatic heterocycles. The van der Waals surface area contributed by atoms with Crippen molar-refractivity contribution in [1.82, 2.24) is 14.9 Å². The van der Waals surface area contributed by atoms with Crippen molar-refractivity contribution in [2.75, 3.05) is 24.5 Å².